The molecule has 2 aliphatic heterocycles. The number of rotatable bonds is 5. The third kappa shape index (κ3) is 6.53. The Bertz CT molecular complexity index is 1120. The van der Waals surface area contributed by atoms with Crippen LogP contribution in [0.3, 0.4) is 0 Å². The number of halogens is 1. The quantitative estimate of drug-likeness (QED) is 0.313. The number of hydrogen-bond acceptors (Lipinski definition) is 4. The van der Waals surface area contributed by atoms with Crippen molar-refractivity contribution in [1.29, 1.82) is 0 Å². The smallest absolute Gasteiger partial charge is 0.337 e. The predicted molar refractivity (Wildman–Crippen MR) is 144 cm³/mol. The first-order valence-electron chi connectivity index (χ1n) is 14.1. The van der Waals surface area contributed by atoms with Gasteiger partial charge in [-0.1, -0.05) is 50.3 Å². The summed E-state index contributed by atoms with van der Waals surface area (Å²) in [5.74, 6) is 1.17. The molecule has 7 heteroatoms. The molecule has 2 aromatic rings. The molecule has 1 atom stereocenters. The molecular formula is C31H41IN2O4. The maximum absolute atomic E-state index is 13.8. The molecule has 0 radical (unpaired) electrons. The zero-order valence-corrected chi connectivity index (χ0v) is 24.9. The number of quaternary nitrogens is 1. The second-order valence-corrected chi connectivity index (χ2v) is 11.6. The standard InChI is InChI=1S/C31H40N2O4.HI/c1-33(21-22-10-6-4-3-5-7-11-22)18-16-24(17-19-33)32-30(34)29-25-12-8-9-13-27(25)37-28-15-14-23(20-26(28)29)31(35)36-2;/h8-9,12-15,20,22,24,29H,3-7,10-11,16-19,21H2,1-2H3;1H. The van der Waals surface area contributed by atoms with Crippen molar-refractivity contribution in [2.75, 3.05) is 33.8 Å². The van der Waals surface area contributed by atoms with E-state index in [1.54, 1.807) is 18.2 Å². The van der Waals surface area contributed by atoms with Crippen molar-refractivity contribution in [3.8, 4) is 11.5 Å². The van der Waals surface area contributed by atoms with Gasteiger partial charge < -0.3 is 43.3 Å². The Hall–Kier alpha value is -2.13. The lowest BCUT2D eigenvalue weighted by molar-refractivity contribution is -0.917. The van der Waals surface area contributed by atoms with Crippen LogP contribution in [0.5, 0.6) is 11.5 Å². The normalized spacial score (nSPS) is 25.3. The maximum atomic E-state index is 13.8. The highest BCUT2D eigenvalue weighted by molar-refractivity contribution is 5.93. The Balaban J connectivity index is 0.00000336. The molecule has 1 aliphatic carbocycles. The lowest BCUT2D eigenvalue weighted by atomic mass is 9.85. The molecule has 3 aliphatic rings. The van der Waals surface area contributed by atoms with Crippen molar-refractivity contribution in [3.05, 3.63) is 59.2 Å². The van der Waals surface area contributed by atoms with Crippen LogP contribution in [0.25, 0.3) is 0 Å². The number of esters is 1. The molecule has 0 spiro atoms. The van der Waals surface area contributed by atoms with Crippen molar-refractivity contribution < 1.29 is 47.5 Å². The minimum absolute atomic E-state index is 0. The van der Waals surface area contributed by atoms with Crippen LogP contribution in [-0.2, 0) is 9.53 Å². The van der Waals surface area contributed by atoms with Gasteiger partial charge in [-0.3, -0.25) is 4.79 Å². The van der Waals surface area contributed by atoms with Crippen LogP contribution in [0.15, 0.2) is 42.5 Å². The summed E-state index contributed by atoms with van der Waals surface area (Å²) in [6.07, 6.45) is 11.7. The topological polar surface area (TPSA) is 64.6 Å². The monoisotopic (exact) mass is 632 g/mol. The van der Waals surface area contributed by atoms with E-state index in [0.29, 0.717) is 22.6 Å². The van der Waals surface area contributed by atoms with Crippen LogP contribution < -0.4 is 34.0 Å². The molecule has 1 saturated carbocycles. The number of benzene rings is 2. The predicted octanol–water partition coefficient (Wildman–Crippen LogP) is 2.80. The number of likely N-dealkylation sites (tertiary alicyclic amines) is 1. The number of ether oxygens (including phenoxy) is 2. The number of amides is 1. The van der Waals surface area contributed by atoms with Gasteiger partial charge in [0.2, 0.25) is 5.91 Å². The molecule has 6 nitrogen and oxygen atoms in total. The number of fused-ring (bicyclic) bond motifs is 2. The van der Waals surface area contributed by atoms with Crippen LogP contribution in [0.1, 0.15) is 85.2 Å². The van der Waals surface area contributed by atoms with E-state index < -0.39 is 11.9 Å². The van der Waals surface area contributed by atoms with Crippen molar-refractivity contribution in [2.24, 2.45) is 5.92 Å². The molecule has 1 N–H and O–H groups in total. The zero-order chi connectivity index (χ0) is 25.8. The van der Waals surface area contributed by atoms with Gasteiger partial charge in [-0.25, -0.2) is 4.79 Å². The third-order valence-electron chi connectivity index (χ3n) is 8.76. The highest BCUT2D eigenvalue weighted by Gasteiger charge is 2.37. The van der Waals surface area contributed by atoms with Crippen molar-refractivity contribution in [3.63, 3.8) is 0 Å². The maximum Gasteiger partial charge on any atom is 0.337 e. The van der Waals surface area contributed by atoms with Gasteiger partial charge in [-0.05, 0) is 37.1 Å². The third-order valence-corrected chi connectivity index (χ3v) is 8.76. The Morgan fingerprint density at radius 1 is 0.921 bits per heavy atom. The SMILES string of the molecule is COC(=O)c1ccc2c(c1)C(C(=O)NC1CC[N+](C)(CC3CCCCCCC3)CC1)c1ccccc1O2.[I-]. The second-order valence-electron chi connectivity index (χ2n) is 11.6. The molecule has 0 aromatic heterocycles. The van der Waals surface area contributed by atoms with E-state index >= 15 is 0 Å². The summed E-state index contributed by atoms with van der Waals surface area (Å²) >= 11 is 0. The van der Waals surface area contributed by atoms with Crippen LogP contribution >= 0.6 is 0 Å². The van der Waals surface area contributed by atoms with Crippen LogP contribution in [-0.4, -0.2) is 56.2 Å². The summed E-state index contributed by atoms with van der Waals surface area (Å²) in [5.41, 5.74) is 1.96. The number of para-hydroxylation sites is 1. The summed E-state index contributed by atoms with van der Waals surface area (Å²) < 4.78 is 12.1. The first-order valence-corrected chi connectivity index (χ1v) is 14.1. The molecule has 1 amide bonds. The van der Waals surface area contributed by atoms with Gasteiger partial charge in [0.05, 0.1) is 45.3 Å². The van der Waals surface area contributed by atoms with E-state index in [9.17, 15) is 9.59 Å². The Morgan fingerprint density at radius 3 is 2.29 bits per heavy atom. The zero-order valence-electron chi connectivity index (χ0n) is 22.7. The highest BCUT2D eigenvalue weighted by Crippen LogP contribution is 2.44. The summed E-state index contributed by atoms with van der Waals surface area (Å²) in [6, 6.07) is 13.0. The van der Waals surface area contributed by atoms with Crippen LogP contribution in [0.2, 0.25) is 0 Å². The molecule has 2 fully saturated rings. The van der Waals surface area contributed by atoms with Gasteiger partial charge in [0.15, 0.2) is 0 Å². The van der Waals surface area contributed by atoms with Gasteiger partial charge >= 0.3 is 5.97 Å². The molecule has 5 rings (SSSR count). The van der Waals surface area contributed by atoms with Gasteiger partial charge in [-0.15, -0.1) is 0 Å². The van der Waals surface area contributed by atoms with Crippen LogP contribution in [0, 0.1) is 5.92 Å². The lowest BCUT2D eigenvalue weighted by Crippen LogP contribution is -3.00. The summed E-state index contributed by atoms with van der Waals surface area (Å²) in [4.78, 5) is 26.0. The fraction of sp³-hybridized carbons (Fsp3) is 0.548. The molecule has 0 bridgehead atoms. The number of nitrogens with one attached hydrogen (secondary N) is 1. The van der Waals surface area contributed by atoms with Crippen LogP contribution in [0.4, 0.5) is 0 Å². The van der Waals surface area contributed by atoms with Gasteiger partial charge in [-0.2, -0.15) is 0 Å². The molecule has 38 heavy (non-hydrogen) atoms. The molecular weight excluding hydrogens is 591 g/mol. The lowest BCUT2D eigenvalue weighted by Gasteiger charge is -2.43. The summed E-state index contributed by atoms with van der Waals surface area (Å²) in [6.45, 7) is 3.49. The number of carbonyl (C=O) groups is 2. The van der Waals surface area contributed by atoms with Gasteiger partial charge in [0.1, 0.15) is 11.5 Å². The van der Waals surface area contributed by atoms with Gasteiger partial charge in [0.25, 0.3) is 0 Å². The first kappa shape index (κ1) is 28.9. The van der Waals surface area contributed by atoms with E-state index in [4.69, 9.17) is 9.47 Å². The van der Waals surface area contributed by atoms with E-state index in [0.717, 1.165) is 41.9 Å². The minimum atomic E-state index is -0.526. The molecule has 1 saturated heterocycles. The summed E-state index contributed by atoms with van der Waals surface area (Å²) in [7, 11) is 3.78. The number of piperidine rings is 1. The Labute approximate surface area is 244 Å². The first-order chi connectivity index (χ1) is 18.0. The minimum Gasteiger partial charge on any atom is -1.00 e. The fourth-order valence-electron chi connectivity index (χ4n) is 6.64. The highest BCUT2D eigenvalue weighted by atomic mass is 127. The van der Waals surface area contributed by atoms with Gasteiger partial charge in [0, 0.05) is 35.9 Å². The Morgan fingerprint density at radius 2 is 1.58 bits per heavy atom. The van der Waals surface area contributed by atoms with E-state index in [1.165, 1.54) is 58.6 Å². The fourth-order valence-corrected chi connectivity index (χ4v) is 6.64. The van der Waals surface area contributed by atoms with Crippen molar-refractivity contribution in [1.82, 2.24) is 5.32 Å². The van der Waals surface area contributed by atoms with E-state index in [2.05, 4.69) is 12.4 Å². The molecule has 206 valence electrons. The number of hydrogen-bond donors (Lipinski definition) is 1. The number of carbonyl (C=O) groups excluding carboxylic acids is 2. The second kappa shape index (κ2) is 12.8. The number of nitrogens with zero attached hydrogens (tertiary/aromatic N) is 1. The van der Waals surface area contributed by atoms with E-state index in [1.807, 2.05) is 24.3 Å². The Kier molecular flexibility index (Phi) is 9.74. The average molecular weight is 633 g/mol. The van der Waals surface area contributed by atoms with Crippen molar-refractivity contribution in [2.45, 2.75) is 69.7 Å². The number of methoxy groups -OCH3 is 1. The molecule has 2 heterocycles. The van der Waals surface area contributed by atoms with Crippen molar-refractivity contribution >= 4 is 11.9 Å². The summed E-state index contributed by atoms with van der Waals surface area (Å²) in [5, 5.41) is 3.37. The molecule has 2 aromatic carbocycles. The molecule has 1 unspecified atom stereocenters. The van der Waals surface area contributed by atoms with E-state index in [-0.39, 0.29) is 35.9 Å². The largest absolute Gasteiger partial charge is 1.00 e. The average Bonchev–Trinajstić information content (AvgIpc) is 2.89.